The number of rotatable bonds is 4. The molecule has 0 aliphatic rings. The minimum absolute atomic E-state index is 0.519. The van der Waals surface area contributed by atoms with E-state index in [9.17, 15) is 0 Å². The number of nitrogens with one attached hydrogen (secondary N) is 1. The van der Waals surface area contributed by atoms with Crippen molar-refractivity contribution >= 4 is 0 Å². The summed E-state index contributed by atoms with van der Waals surface area (Å²) in [6, 6.07) is 4.00. The van der Waals surface area contributed by atoms with E-state index in [4.69, 9.17) is 10.5 Å². The van der Waals surface area contributed by atoms with Crippen LogP contribution in [0.3, 0.4) is 0 Å². The van der Waals surface area contributed by atoms with Crippen LogP contribution in [0.15, 0.2) is 0 Å². The largest absolute Gasteiger partial charge is 0.315 e. The average Bonchev–Trinajstić information content (AvgIpc) is 1.89. The molecule has 0 amide bonds. The summed E-state index contributed by atoms with van der Waals surface area (Å²) in [6.07, 6.45) is 1.04. The molecule has 0 spiro atoms. The van der Waals surface area contributed by atoms with Crippen LogP contribution in [0.1, 0.15) is 12.8 Å². The van der Waals surface area contributed by atoms with Crippen molar-refractivity contribution in [3.63, 3.8) is 0 Å². The van der Waals surface area contributed by atoms with Gasteiger partial charge in [-0.2, -0.15) is 10.5 Å². The van der Waals surface area contributed by atoms with Crippen LogP contribution in [-0.4, -0.2) is 13.1 Å². The predicted octanol–water partition coefficient (Wildman–Crippen LogP) is 0.403. The summed E-state index contributed by atoms with van der Waals surface area (Å²) in [4.78, 5) is 0. The first kappa shape index (κ1) is 7.94. The molecule has 0 saturated heterocycles. The zero-order chi connectivity index (χ0) is 6.95. The summed E-state index contributed by atoms with van der Waals surface area (Å²) in [5.74, 6) is 0. The molecule has 3 nitrogen and oxygen atoms in total. The van der Waals surface area contributed by atoms with Gasteiger partial charge in [0.15, 0.2) is 0 Å². The Balaban J connectivity index is 2.79. The van der Waals surface area contributed by atoms with Crippen LogP contribution in [0, 0.1) is 22.7 Å². The second-order valence-corrected chi connectivity index (χ2v) is 1.57. The van der Waals surface area contributed by atoms with Gasteiger partial charge in [-0.05, 0) is 0 Å². The van der Waals surface area contributed by atoms with Crippen LogP contribution < -0.4 is 5.32 Å². The zero-order valence-electron chi connectivity index (χ0n) is 5.22. The Kier molecular flexibility index (Phi) is 6.12. The summed E-state index contributed by atoms with van der Waals surface area (Å²) < 4.78 is 0. The fourth-order valence-corrected chi connectivity index (χ4v) is 0.414. The molecule has 0 rings (SSSR count). The third-order valence-electron chi connectivity index (χ3n) is 0.827. The van der Waals surface area contributed by atoms with Gasteiger partial charge in [-0.25, -0.2) is 0 Å². The topological polar surface area (TPSA) is 59.6 Å². The highest BCUT2D eigenvalue weighted by atomic mass is 14.8. The predicted molar refractivity (Wildman–Crippen MR) is 33.3 cm³/mol. The molecule has 0 fully saturated rings. The fraction of sp³-hybridized carbons (Fsp3) is 0.667. The molecule has 0 aromatic rings. The smallest absolute Gasteiger partial charge is 0.0635 e. The number of nitrogens with zero attached hydrogens (tertiary/aromatic N) is 2. The second-order valence-electron chi connectivity index (χ2n) is 1.57. The molecule has 0 heterocycles. The van der Waals surface area contributed by atoms with Gasteiger partial charge in [0.05, 0.1) is 12.1 Å². The summed E-state index contributed by atoms with van der Waals surface area (Å²) in [7, 11) is 0. The van der Waals surface area contributed by atoms with Gasteiger partial charge in [0.1, 0.15) is 0 Å². The summed E-state index contributed by atoms with van der Waals surface area (Å²) in [6.45, 7) is 1.39. The molecule has 9 heavy (non-hydrogen) atoms. The molecule has 0 bridgehead atoms. The Morgan fingerprint density at radius 3 is 1.78 bits per heavy atom. The van der Waals surface area contributed by atoms with Crippen LogP contribution in [0.2, 0.25) is 0 Å². The summed E-state index contributed by atoms with van der Waals surface area (Å²) in [5.41, 5.74) is 0. The minimum atomic E-state index is 0.519. The average molecular weight is 123 g/mol. The number of hydrogen-bond donors (Lipinski definition) is 1. The standard InChI is InChI=1S/C6H9N3/c7-3-1-5-9-6-2-4-8/h9H,1-2,5-6H2. The molecular weight excluding hydrogens is 114 g/mol. The van der Waals surface area contributed by atoms with Crippen molar-refractivity contribution in [1.29, 1.82) is 10.5 Å². The van der Waals surface area contributed by atoms with Crippen LogP contribution in [0.5, 0.6) is 0 Å². The quantitative estimate of drug-likeness (QED) is 0.550. The molecule has 0 saturated carbocycles. The van der Waals surface area contributed by atoms with E-state index in [0.29, 0.717) is 25.9 Å². The first-order chi connectivity index (χ1) is 4.41. The lowest BCUT2D eigenvalue weighted by atomic mass is 10.4. The number of nitriles is 2. The Hall–Kier alpha value is -1.06. The fourth-order valence-electron chi connectivity index (χ4n) is 0.414. The lowest BCUT2D eigenvalue weighted by Gasteiger charge is -1.93. The lowest BCUT2D eigenvalue weighted by molar-refractivity contribution is 0.704. The van der Waals surface area contributed by atoms with E-state index in [1.54, 1.807) is 0 Å². The zero-order valence-corrected chi connectivity index (χ0v) is 5.22. The first-order valence-electron chi connectivity index (χ1n) is 2.86. The van der Waals surface area contributed by atoms with Gasteiger partial charge in [-0.3, -0.25) is 0 Å². The van der Waals surface area contributed by atoms with Gasteiger partial charge in [-0.1, -0.05) is 0 Å². The van der Waals surface area contributed by atoms with E-state index in [-0.39, 0.29) is 0 Å². The molecule has 3 heteroatoms. The highest BCUT2D eigenvalue weighted by Crippen LogP contribution is 1.72. The maximum absolute atomic E-state index is 8.07. The van der Waals surface area contributed by atoms with Gasteiger partial charge >= 0.3 is 0 Å². The van der Waals surface area contributed by atoms with Crippen molar-refractivity contribution in [1.82, 2.24) is 5.32 Å². The molecule has 0 radical (unpaired) electrons. The Bertz CT molecular complexity index is 112. The number of hydrogen-bond acceptors (Lipinski definition) is 3. The van der Waals surface area contributed by atoms with Gasteiger partial charge in [0.2, 0.25) is 0 Å². The van der Waals surface area contributed by atoms with Crippen LogP contribution in [0.4, 0.5) is 0 Å². The molecule has 0 unspecified atom stereocenters. The molecule has 1 N–H and O–H groups in total. The Labute approximate surface area is 54.9 Å². The SMILES string of the molecule is N#CCCNCCC#N. The maximum Gasteiger partial charge on any atom is 0.0635 e. The highest BCUT2D eigenvalue weighted by molar-refractivity contribution is 4.73. The van der Waals surface area contributed by atoms with Gasteiger partial charge in [-0.15, -0.1) is 0 Å². The monoisotopic (exact) mass is 123 g/mol. The lowest BCUT2D eigenvalue weighted by Crippen LogP contribution is -2.15. The molecular formula is C6H9N3. The van der Waals surface area contributed by atoms with Crippen molar-refractivity contribution < 1.29 is 0 Å². The second kappa shape index (κ2) is 6.94. The van der Waals surface area contributed by atoms with Gasteiger partial charge < -0.3 is 5.32 Å². The first-order valence-corrected chi connectivity index (χ1v) is 2.86. The molecule has 0 aliphatic carbocycles. The van der Waals surface area contributed by atoms with E-state index in [1.165, 1.54) is 0 Å². The van der Waals surface area contributed by atoms with Crippen molar-refractivity contribution in [2.75, 3.05) is 13.1 Å². The van der Waals surface area contributed by atoms with Gasteiger partial charge in [0.25, 0.3) is 0 Å². The molecule has 0 atom stereocenters. The van der Waals surface area contributed by atoms with E-state index in [0.717, 1.165) is 0 Å². The third kappa shape index (κ3) is 6.94. The third-order valence-corrected chi connectivity index (χ3v) is 0.827. The Morgan fingerprint density at radius 2 is 1.44 bits per heavy atom. The van der Waals surface area contributed by atoms with E-state index < -0.39 is 0 Å². The highest BCUT2D eigenvalue weighted by Gasteiger charge is 1.82. The van der Waals surface area contributed by atoms with Crippen LogP contribution in [-0.2, 0) is 0 Å². The normalized spacial score (nSPS) is 7.78. The van der Waals surface area contributed by atoms with Crippen molar-refractivity contribution in [3.05, 3.63) is 0 Å². The molecule has 0 aliphatic heterocycles. The molecule has 48 valence electrons. The van der Waals surface area contributed by atoms with E-state index >= 15 is 0 Å². The van der Waals surface area contributed by atoms with Gasteiger partial charge in [0, 0.05) is 25.9 Å². The maximum atomic E-state index is 8.07. The van der Waals surface area contributed by atoms with E-state index in [1.807, 2.05) is 12.1 Å². The minimum Gasteiger partial charge on any atom is -0.315 e. The summed E-state index contributed by atoms with van der Waals surface area (Å²) in [5, 5.41) is 19.1. The molecule has 0 aromatic heterocycles. The van der Waals surface area contributed by atoms with Crippen molar-refractivity contribution in [2.24, 2.45) is 0 Å². The summed E-state index contributed by atoms with van der Waals surface area (Å²) >= 11 is 0. The van der Waals surface area contributed by atoms with Crippen molar-refractivity contribution in [3.8, 4) is 12.1 Å². The molecule has 0 aromatic carbocycles. The van der Waals surface area contributed by atoms with Crippen LogP contribution >= 0.6 is 0 Å². The van der Waals surface area contributed by atoms with E-state index in [2.05, 4.69) is 5.32 Å². The van der Waals surface area contributed by atoms with Crippen LogP contribution in [0.25, 0.3) is 0 Å². The van der Waals surface area contributed by atoms with Crippen molar-refractivity contribution in [2.45, 2.75) is 12.8 Å². The Morgan fingerprint density at radius 1 is 1.00 bits per heavy atom.